The minimum absolute atomic E-state index is 0.0172. The molecule has 1 aromatic carbocycles. The van der Waals surface area contributed by atoms with Gasteiger partial charge in [0.2, 0.25) is 5.91 Å². The molecule has 1 aliphatic carbocycles. The van der Waals surface area contributed by atoms with Crippen LogP contribution in [0.25, 0.3) is 0 Å². The number of benzene rings is 1. The lowest BCUT2D eigenvalue weighted by Gasteiger charge is -2.46. The van der Waals surface area contributed by atoms with Gasteiger partial charge < -0.3 is 11.1 Å². The lowest BCUT2D eigenvalue weighted by Crippen LogP contribution is -2.58. The van der Waals surface area contributed by atoms with Crippen LogP contribution in [0.4, 0.5) is 23.2 Å². The predicted molar refractivity (Wildman–Crippen MR) is 98.1 cm³/mol. The third-order valence-corrected chi connectivity index (χ3v) is 6.00. The predicted octanol–water partition coefficient (Wildman–Crippen LogP) is 3.61. The van der Waals surface area contributed by atoms with Gasteiger partial charge in [-0.15, -0.1) is 0 Å². The van der Waals surface area contributed by atoms with Gasteiger partial charge >= 0.3 is 6.18 Å². The van der Waals surface area contributed by atoms with Crippen molar-refractivity contribution in [3.8, 4) is 0 Å². The maximum Gasteiger partial charge on any atom is 0.408 e. The molecule has 9 heteroatoms. The van der Waals surface area contributed by atoms with Crippen molar-refractivity contribution >= 4 is 17.6 Å². The third-order valence-electron chi connectivity index (χ3n) is 6.00. The van der Waals surface area contributed by atoms with E-state index in [0.29, 0.717) is 12.8 Å². The molecule has 3 N–H and O–H groups in total. The number of halogens is 4. The number of aliphatic imine (C=N–C) groups is 1. The van der Waals surface area contributed by atoms with Gasteiger partial charge in [0.1, 0.15) is 17.4 Å². The number of guanidine groups is 1. The molecule has 28 heavy (non-hydrogen) atoms. The van der Waals surface area contributed by atoms with Gasteiger partial charge in [-0.25, -0.2) is 9.38 Å². The second kappa shape index (κ2) is 6.35. The van der Waals surface area contributed by atoms with Crippen LogP contribution in [-0.4, -0.2) is 36.0 Å². The Balaban J connectivity index is 2.05. The van der Waals surface area contributed by atoms with E-state index in [0.717, 1.165) is 6.07 Å². The molecule has 1 saturated carbocycles. The minimum atomic E-state index is -4.41. The summed E-state index contributed by atoms with van der Waals surface area (Å²) >= 11 is 0. The molecule has 2 atom stereocenters. The van der Waals surface area contributed by atoms with Gasteiger partial charge in [0, 0.05) is 18.3 Å². The van der Waals surface area contributed by atoms with Crippen LogP contribution >= 0.6 is 0 Å². The van der Waals surface area contributed by atoms with E-state index < -0.39 is 34.9 Å². The van der Waals surface area contributed by atoms with Crippen LogP contribution in [0, 0.1) is 17.2 Å². The van der Waals surface area contributed by atoms with Crippen molar-refractivity contribution in [1.82, 2.24) is 4.90 Å². The van der Waals surface area contributed by atoms with Gasteiger partial charge in [-0.05, 0) is 57.7 Å². The Labute approximate surface area is 161 Å². The van der Waals surface area contributed by atoms with Crippen LogP contribution in [0.3, 0.4) is 0 Å². The Morgan fingerprint density at radius 2 is 1.89 bits per heavy atom. The zero-order valence-corrected chi connectivity index (χ0v) is 16.2. The number of nitrogens with one attached hydrogen (secondary N) is 1. The number of anilines is 1. The number of hydrogen-bond acceptors (Lipinski definition) is 4. The van der Waals surface area contributed by atoms with Crippen molar-refractivity contribution in [1.29, 1.82) is 0 Å². The first kappa shape index (κ1) is 20.4. The number of amides is 1. The Morgan fingerprint density at radius 3 is 2.43 bits per heavy atom. The van der Waals surface area contributed by atoms with Gasteiger partial charge in [0.15, 0.2) is 5.96 Å². The number of carbonyl (C=O) groups is 1. The number of carbonyl (C=O) groups excluding carboxylic acids is 1. The second-order valence-electron chi connectivity index (χ2n) is 8.23. The van der Waals surface area contributed by atoms with Crippen molar-refractivity contribution in [3.05, 3.63) is 29.6 Å². The quantitative estimate of drug-likeness (QED) is 0.759. The number of hydrogen-bond donors (Lipinski definition) is 2. The fraction of sp³-hybridized carbons (Fsp3) is 0.579. The Morgan fingerprint density at radius 1 is 1.29 bits per heavy atom. The van der Waals surface area contributed by atoms with Crippen molar-refractivity contribution in [2.24, 2.45) is 22.1 Å². The molecule has 1 amide bonds. The Hall–Kier alpha value is -2.32. The first-order valence-electron chi connectivity index (χ1n) is 9.06. The number of nitrogens with zero attached hydrogens (tertiary/aromatic N) is 2. The van der Waals surface area contributed by atoms with E-state index in [9.17, 15) is 22.4 Å². The summed E-state index contributed by atoms with van der Waals surface area (Å²) in [4.78, 5) is 18.3. The molecule has 1 heterocycles. The highest BCUT2D eigenvalue weighted by Gasteiger charge is 2.54. The summed E-state index contributed by atoms with van der Waals surface area (Å²) in [6.45, 7) is 4.79. The minimum Gasteiger partial charge on any atom is -0.374 e. The third kappa shape index (κ3) is 3.20. The molecule has 0 spiro atoms. The van der Waals surface area contributed by atoms with E-state index in [1.807, 2.05) is 0 Å². The highest BCUT2D eigenvalue weighted by Crippen LogP contribution is 2.48. The highest BCUT2D eigenvalue weighted by atomic mass is 19.4. The summed E-state index contributed by atoms with van der Waals surface area (Å²) in [5.41, 5.74) is 3.45. The number of alkyl halides is 3. The van der Waals surface area contributed by atoms with Crippen LogP contribution in [0.1, 0.15) is 39.2 Å². The summed E-state index contributed by atoms with van der Waals surface area (Å²) in [6, 6.07) is 1.96. The van der Waals surface area contributed by atoms with Gasteiger partial charge in [-0.3, -0.25) is 9.69 Å². The average Bonchev–Trinajstić information content (AvgIpc) is 3.41. The van der Waals surface area contributed by atoms with Crippen molar-refractivity contribution in [2.45, 2.75) is 51.4 Å². The van der Waals surface area contributed by atoms with E-state index in [-0.39, 0.29) is 23.1 Å². The summed E-state index contributed by atoms with van der Waals surface area (Å²) in [5.74, 6) is -1.58. The summed E-state index contributed by atoms with van der Waals surface area (Å²) in [5, 5.41) is 2.50. The molecule has 1 aromatic rings. The fourth-order valence-electron chi connectivity index (χ4n) is 3.64. The standard InChI is InChI=1S/C19H24F4N4O/c1-17(2)15(28)27(4)16(24)26-18(17,3)12-9-11(7-8-13(12)20)25-14(10-5-6-10)19(21,22)23/h7-10,14,25H,5-6H2,1-4H3,(H2,24,26)/t14?,18-/m1/s1. The van der Waals surface area contributed by atoms with E-state index in [4.69, 9.17) is 5.73 Å². The van der Waals surface area contributed by atoms with Gasteiger partial charge in [-0.1, -0.05) is 0 Å². The molecule has 2 aliphatic rings. The molecule has 0 bridgehead atoms. The van der Waals surface area contributed by atoms with Gasteiger partial charge in [0.05, 0.1) is 5.41 Å². The first-order valence-corrected chi connectivity index (χ1v) is 9.06. The van der Waals surface area contributed by atoms with Gasteiger partial charge in [-0.2, -0.15) is 13.2 Å². The van der Waals surface area contributed by atoms with Crippen LogP contribution in [0.5, 0.6) is 0 Å². The van der Waals surface area contributed by atoms with Crippen LogP contribution in [-0.2, 0) is 10.3 Å². The number of nitrogens with two attached hydrogens (primary N) is 1. The molecule has 154 valence electrons. The zero-order valence-electron chi connectivity index (χ0n) is 16.2. The molecule has 1 fully saturated rings. The molecule has 5 nitrogen and oxygen atoms in total. The molecule has 0 saturated heterocycles. The molecular weight excluding hydrogens is 376 g/mol. The van der Waals surface area contributed by atoms with E-state index in [1.165, 1.54) is 24.1 Å². The van der Waals surface area contributed by atoms with Crippen LogP contribution < -0.4 is 11.1 Å². The van der Waals surface area contributed by atoms with E-state index in [1.54, 1.807) is 20.8 Å². The lowest BCUT2D eigenvalue weighted by molar-refractivity contribution is -0.146. The topological polar surface area (TPSA) is 70.7 Å². The molecule has 1 aliphatic heterocycles. The Bertz CT molecular complexity index is 832. The lowest BCUT2D eigenvalue weighted by atomic mass is 9.67. The maximum atomic E-state index is 14.8. The van der Waals surface area contributed by atoms with Crippen molar-refractivity contribution in [2.75, 3.05) is 12.4 Å². The summed E-state index contributed by atoms with van der Waals surface area (Å²) in [7, 11) is 1.47. The average molecular weight is 400 g/mol. The monoisotopic (exact) mass is 400 g/mol. The molecule has 1 unspecified atom stereocenters. The van der Waals surface area contributed by atoms with Crippen LogP contribution in [0.15, 0.2) is 23.2 Å². The van der Waals surface area contributed by atoms with E-state index >= 15 is 0 Å². The molecule has 0 radical (unpaired) electrons. The normalized spacial score (nSPS) is 26.1. The largest absolute Gasteiger partial charge is 0.408 e. The zero-order chi connectivity index (χ0) is 21.1. The highest BCUT2D eigenvalue weighted by molar-refractivity contribution is 6.01. The smallest absolute Gasteiger partial charge is 0.374 e. The summed E-state index contributed by atoms with van der Waals surface area (Å²) in [6.07, 6.45) is -3.42. The maximum absolute atomic E-state index is 14.8. The molecular formula is C19H24F4N4O. The first-order chi connectivity index (χ1) is 12.8. The number of rotatable bonds is 4. The fourth-order valence-corrected chi connectivity index (χ4v) is 3.64. The Kier molecular flexibility index (Phi) is 4.63. The summed E-state index contributed by atoms with van der Waals surface area (Å²) < 4.78 is 54.8. The molecule has 0 aromatic heterocycles. The SMILES string of the molecule is CN1C(=O)C(C)(C)[C@@](C)(c2cc(NC(C3CC3)C(F)(F)F)ccc2F)N=C1N. The molecule has 3 rings (SSSR count). The van der Waals surface area contributed by atoms with Crippen molar-refractivity contribution < 1.29 is 22.4 Å². The van der Waals surface area contributed by atoms with Crippen molar-refractivity contribution in [3.63, 3.8) is 0 Å². The van der Waals surface area contributed by atoms with Crippen LogP contribution in [0.2, 0.25) is 0 Å². The van der Waals surface area contributed by atoms with Gasteiger partial charge in [0.25, 0.3) is 0 Å². The van der Waals surface area contributed by atoms with E-state index in [2.05, 4.69) is 10.3 Å². The second-order valence-corrected chi connectivity index (χ2v) is 8.23.